The second-order valence-electron chi connectivity index (χ2n) is 3.12. The summed E-state index contributed by atoms with van der Waals surface area (Å²) in [6, 6.07) is 5.62. The van der Waals surface area contributed by atoms with Crippen molar-refractivity contribution in [1.29, 1.82) is 5.26 Å². The second kappa shape index (κ2) is 4.94. The number of hydrogen-bond acceptors (Lipinski definition) is 3. The predicted molar refractivity (Wildman–Crippen MR) is 59.3 cm³/mol. The van der Waals surface area contributed by atoms with E-state index in [-0.39, 0.29) is 12.4 Å². The zero-order valence-electron chi connectivity index (χ0n) is 8.50. The SMILES string of the molecule is COC(=O)Cc1cc(C)c(C#N)cc1Br. The molecule has 3 nitrogen and oxygen atoms in total. The van der Waals surface area contributed by atoms with E-state index >= 15 is 0 Å². The van der Waals surface area contributed by atoms with Gasteiger partial charge in [0.2, 0.25) is 0 Å². The number of nitrogens with zero attached hydrogens (tertiary/aromatic N) is 1. The van der Waals surface area contributed by atoms with Gasteiger partial charge in [-0.05, 0) is 24.1 Å². The molecular weight excluding hydrogens is 258 g/mol. The third-order valence-corrected chi connectivity index (χ3v) is 2.81. The third-order valence-electron chi connectivity index (χ3n) is 2.08. The van der Waals surface area contributed by atoms with Crippen LogP contribution in [0.3, 0.4) is 0 Å². The minimum absolute atomic E-state index is 0.212. The molecule has 0 unspecified atom stereocenters. The van der Waals surface area contributed by atoms with Gasteiger partial charge in [0.25, 0.3) is 0 Å². The van der Waals surface area contributed by atoms with Crippen molar-refractivity contribution in [2.45, 2.75) is 13.3 Å². The minimum Gasteiger partial charge on any atom is -0.469 e. The summed E-state index contributed by atoms with van der Waals surface area (Å²) >= 11 is 3.32. The number of rotatable bonds is 2. The number of methoxy groups -OCH3 is 1. The quantitative estimate of drug-likeness (QED) is 0.773. The number of nitriles is 1. The van der Waals surface area contributed by atoms with E-state index in [0.717, 1.165) is 15.6 Å². The Kier molecular flexibility index (Phi) is 3.87. The Morgan fingerprint density at radius 1 is 1.60 bits per heavy atom. The summed E-state index contributed by atoms with van der Waals surface area (Å²) in [5.41, 5.74) is 2.30. The monoisotopic (exact) mass is 267 g/mol. The molecule has 0 fully saturated rings. The molecule has 0 radical (unpaired) electrons. The molecule has 0 amide bonds. The van der Waals surface area contributed by atoms with E-state index < -0.39 is 0 Å². The molecule has 0 saturated heterocycles. The lowest BCUT2D eigenvalue weighted by Crippen LogP contribution is -2.05. The summed E-state index contributed by atoms with van der Waals surface area (Å²) in [6.45, 7) is 1.84. The topological polar surface area (TPSA) is 50.1 Å². The summed E-state index contributed by atoms with van der Waals surface area (Å²) < 4.78 is 5.34. The molecule has 0 spiro atoms. The van der Waals surface area contributed by atoms with Crippen LogP contribution in [0.15, 0.2) is 16.6 Å². The van der Waals surface area contributed by atoms with Crippen molar-refractivity contribution in [3.8, 4) is 6.07 Å². The Morgan fingerprint density at radius 2 is 2.27 bits per heavy atom. The first-order valence-corrected chi connectivity index (χ1v) is 5.13. The Morgan fingerprint density at radius 3 is 2.80 bits per heavy atom. The second-order valence-corrected chi connectivity index (χ2v) is 3.98. The zero-order valence-corrected chi connectivity index (χ0v) is 10.1. The Hall–Kier alpha value is -1.34. The molecule has 0 atom stereocenters. The molecule has 1 aromatic rings. The molecule has 78 valence electrons. The Labute approximate surface area is 96.8 Å². The molecule has 15 heavy (non-hydrogen) atoms. The van der Waals surface area contributed by atoms with Gasteiger partial charge >= 0.3 is 5.97 Å². The van der Waals surface area contributed by atoms with E-state index in [4.69, 9.17) is 5.26 Å². The number of ether oxygens (including phenoxy) is 1. The highest BCUT2D eigenvalue weighted by molar-refractivity contribution is 9.10. The fourth-order valence-electron chi connectivity index (χ4n) is 1.22. The maximum absolute atomic E-state index is 11.1. The van der Waals surface area contributed by atoms with E-state index in [1.54, 1.807) is 6.07 Å². The van der Waals surface area contributed by atoms with Crippen molar-refractivity contribution in [3.63, 3.8) is 0 Å². The number of halogens is 1. The molecule has 0 saturated carbocycles. The smallest absolute Gasteiger partial charge is 0.310 e. The van der Waals surface area contributed by atoms with Crippen LogP contribution in [0.25, 0.3) is 0 Å². The van der Waals surface area contributed by atoms with Crippen LogP contribution in [0.4, 0.5) is 0 Å². The molecule has 0 aliphatic carbocycles. The molecule has 0 aromatic heterocycles. The van der Waals surface area contributed by atoms with Gasteiger partial charge in [-0.2, -0.15) is 5.26 Å². The van der Waals surface area contributed by atoms with Gasteiger partial charge < -0.3 is 4.74 Å². The predicted octanol–water partition coefficient (Wildman–Crippen LogP) is 2.34. The highest BCUT2D eigenvalue weighted by Crippen LogP contribution is 2.22. The molecule has 0 aliphatic heterocycles. The summed E-state index contributed by atoms with van der Waals surface area (Å²) in [5.74, 6) is -0.292. The van der Waals surface area contributed by atoms with Gasteiger partial charge in [0.1, 0.15) is 0 Å². The number of aryl methyl sites for hydroxylation is 1. The first-order chi connectivity index (χ1) is 7.08. The standard InChI is InChI=1S/C11H10BrNO2/c1-7-3-8(5-11(14)15-2)10(12)4-9(7)6-13/h3-4H,5H2,1-2H3. The largest absolute Gasteiger partial charge is 0.469 e. The molecule has 1 aromatic carbocycles. The van der Waals surface area contributed by atoms with E-state index in [1.165, 1.54) is 7.11 Å². The van der Waals surface area contributed by atoms with Gasteiger partial charge in [0.15, 0.2) is 0 Å². The minimum atomic E-state index is -0.292. The van der Waals surface area contributed by atoms with Crippen LogP contribution < -0.4 is 0 Å². The van der Waals surface area contributed by atoms with Crippen LogP contribution in [0.2, 0.25) is 0 Å². The highest BCUT2D eigenvalue weighted by Gasteiger charge is 2.09. The van der Waals surface area contributed by atoms with Gasteiger partial charge in [-0.15, -0.1) is 0 Å². The van der Waals surface area contributed by atoms with E-state index in [9.17, 15) is 4.79 Å². The van der Waals surface area contributed by atoms with Crippen molar-refractivity contribution in [2.24, 2.45) is 0 Å². The fraction of sp³-hybridized carbons (Fsp3) is 0.273. The van der Waals surface area contributed by atoms with Crippen LogP contribution >= 0.6 is 15.9 Å². The molecule has 4 heteroatoms. The van der Waals surface area contributed by atoms with Crippen LogP contribution in [-0.4, -0.2) is 13.1 Å². The average Bonchev–Trinajstić information content (AvgIpc) is 2.22. The van der Waals surface area contributed by atoms with Crippen LogP contribution in [0.1, 0.15) is 16.7 Å². The highest BCUT2D eigenvalue weighted by atomic mass is 79.9. The first-order valence-electron chi connectivity index (χ1n) is 4.34. The zero-order chi connectivity index (χ0) is 11.4. The van der Waals surface area contributed by atoms with Crippen LogP contribution in [-0.2, 0) is 16.0 Å². The van der Waals surface area contributed by atoms with Crippen molar-refractivity contribution in [2.75, 3.05) is 7.11 Å². The van der Waals surface area contributed by atoms with E-state index in [0.29, 0.717) is 5.56 Å². The first kappa shape index (κ1) is 11.7. The summed E-state index contributed by atoms with van der Waals surface area (Å²) in [5, 5.41) is 8.80. The van der Waals surface area contributed by atoms with Crippen LogP contribution in [0, 0.1) is 18.3 Å². The van der Waals surface area contributed by atoms with Gasteiger partial charge in [-0.3, -0.25) is 4.79 Å². The number of carbonyl (C=O) groups excluding carboxylic acids is 1. The van der Waals surface area contributed by atoms with Crippen LogP contribution in [0.5, 0.6) is 0 Å². The van der Waals surface area contributed by atoms with Crippen molar-refractivity contribution >= 4 is 21.9 Å². The van der Waals surface area contributed by atoms with Gasteiger partial charge in [0.05, 0.1) is 25.2 Å². The van der Waals surface area contributed by atoms with Crippen molar-refractivity contribution in [3.05, 3.63) is 33.3 Å². The fourth-order valence-corrected chi connectivity index (χ4v) is 1.71. The molecule has 0 bridgehead atoms. The van der Waals surface area contributed by atoms with Crippen molar-refractivity contribution < 1.29 is 9.53 Å². The molecular formula is C11H10BrNO2. The Balaban J connectivity index is 3.06. The van der Waals surface area contributed by atoms with Gasteiger partial charge in [-0.1, -0.05) is 22.0 Å². The third kappa shape index (κ3) is 2.80. The molecule has 0 N–H and O–H groups in total. The lowest BCUT2D eigenvalue weighted by Gasteiger charge is -2.06. The van der Waals surface area contributed by atoms with E-state index in [1.807, 2.05) is 13.0 Å². The number of hydrogen-bond donors (Lipinski definition) is 0. The molecule has 1 rings (SSSR count). The summed E-state index contributed by atoms with van der Waals surface area (Å²) in [6.07, 6.45) is 0.212. The molecule has 0 heterocycles. The Bertz CT molecular complexity index is 435. The number of esters is 1. The van der Waals surface area contributed by atoms with Gasteiger partial charge in [-0.25, -0.2) is 0 Å². The molecule has 0 aliphatic rings. The normalized spacial score (nSPS) is 9.47. The van der Waals surface area contributed by atoms with Gasteiger partial charge in [0, 0.05) is 4.47 Å². The van der Waals surface area contributed by atoms with Crippen molar-refractivity contribution in [1.82, 2.24) is 0 Å². The summed E-state index contributed by atoms with van der Waals surface area (Å²) in [7, 11) is 1.35. The number of carbonyl (C=O) groups is 1. The lowest BCUT2D eigenvalue weighted by atomic mass is 10.0. The lowest BCUT2D eigenvalue weighted by molar-refractivity contribution is -0.139. The average molecular weight is 268 g/mol. The number of benzene rings is 1. The maximum Gasteiger partial charge on any atom is 0.310 e. The summed E-state index contributed by atoms with van der Waals surface area (Å²) in [4.78, 5) is 11.1. The maximum atomic E-state index is 11.1. The van der Waals surface area contributed by atoms with E-state index in [2.05, 4.69) is 26.7 Å².